The minimum atomic E-state index is -4.49. The highest BCUT2D eigenvalue weighted by atomic mass is 19.4. The molecule has 0 aliphatic rings. The first-order valence-electron chi connectivity index (χ1n) is 9.79. The summed E-state index contributed by atoms with van der Waals surface area (Å²) in [6, 6.07) is 14.0. The van der Waals surface area contributed by atoms with Crippen molar-refractivity contribution in [2.45, 2.75) is 19.5 Å². The molecule has 4 aromatic rings. The number of hydrogen-bond donors (Lipinski definition) is 1. The number of carbonyl (C=O) groups excluding carboxylic acids is 1. The number of ether oxygens (including phenoxy) is 1. The number of rotatable bonds is 5. The van der Waals surface area contributed by atoms with Gasteiger partial charge in [-0.3, -0.25) is 14.8 Å². The number of nitrogens with two attached hydrogens (primary N) is 1. The van der Waals surface area contributed by atoms with Crippen LogP contribution >= 0.6 is 0 Å². The third-order valence-corrected chi connectivity index (χ3v) is 5.01. The Balaban J connectivity index is 1.65. The number of fused-ring (bicyclic) bond motifs is 1. The number of carbonyl (C=O) groups is 1. The van der Waals surface area contributed by atoms with Gasteiger partial charge in [0.15, 0.2) is 0 Å². The van der Waals surface area contributed by atoms with Crippen molar-refractivity contribution in [3.8, 4) is 22.8 Å². The fourth-order valence-corrected chi connectivity index (χ4v) is 3.48. The molecule has 0 aliphatic heterocycles. The molecule has 0 saturated carbocycles. The molecule has 0 fully saturated rings. The van der Waals surface area contributed by atoms with Gasteiger partial charge in [-0.25, -0.2) is 0 Å². The Labute approximate surface area is 181 Å². The fourth-order valence-electron chi connectivity index (χ4n) is 3.48. The van der Waals surface area contributed by atoms with E-state index in [0.29, 0.717) is 34.6 Å². The van der Waals surface area contributed by atoms with E-state index in [4.69, 9.17) is 10.5 Å². The molecular formula is C24H18F3N3O2. The van der Waals surface area contributed by atoms with Crippen molar-refractivity contribution < 1.29 is 22.7 Å². The van der Waals surface area contributed by atoms with Gasteiger partial charge in [0.05, 0.1) is 23.0 Å². The summed E-state index contributed by atoms with van der Waals surface area (Å²) in [5.41, 5.74) is 7.15. The second kappa shape index (κ2) is 8.30. The second-order valence-corrected chi connectivity index (χ2v) is 7.11. The van der Waals surface area contributed by atoms with Gasteiger partial charge >= 0.3 is 6.18 Å². The summed E-state index contributed by atoms with van der Waals surface area (Å²) in [5.74, 6) is 0.253. The van der Waals surface area contributed by atoms with Gasteiger partial charge in [0.25, 0.3) is 0 Å². The minimum Gasteiger partial charge on any atom is -0.456 e. The van der Waals surface area contributed by atoms with Crippen LogP contribution in [0.25, 0.3) is 22.2 Å². The van der Waals surface area contributed by atoms with E-state index < -0.39 is 17.6 Å². The van der Waals surface area contributed by atoms with Crippen molar-refractivity contribution in [3.63, 3.8) is 0 Å². The molecule has 2 N–H and O–H groups in total. The van der Waals surface area contributed by atoms with Crippen LogP contribution in [0.2, 0.25) is 0 Å². The highest BCUT2D eigenvalue weighted by Gasteiger charge is 2.33. The van der Waals surface area contributed by atoms with Gasteiger partial charge in [0.1, 0.15) is 11.5 Å². The van der Waals surface area contributed by atoms with Crippen molar-refractivity contribution in [1.29, 1.82) is 0 Å². The van der Waals surface area contributed by atoms with Crippen molar-refractivity contribution in [3.05, 3.63) is 83.7 Å². The Kier molecular flexibility index (Phi) is 5.52. The predicted octanol–water partition coefficient (Wildman–Crippen LogP) is 5.77. The van der Waals surface area contributed by atoms with Crippen LogP contribution in [0, 0.1) is 0 Å². The number of primary amides is 1. The maximum Gasteiger partial charge on any atom is 0.418 e. The first-order chi connectivity index (χ1) is 15.3. The van der Waals surface area contributed by atoms with Gasteiger partial charge in [-0.2, -0.15) is 13.2 Å². The molecular weight excluding hydrogens is 419 g/mol. The fraction of sp³-hybridized carbons (Fsp3) is 0.125. The topological polar surface area (TPSA) is 78.1 Å². The van der Waals surface area contributed by atoms with Gasteiger partial charge in [-0.05, 0) is 42.3 Å². The Hall–Kier alpha value is -3.94. The molecule has 2 heterocycles. The average molecular weight is 437 g/mol. The van der Waals surface area contributed by atoms with E-state index in [2.05, 4.69) is 9.97 Å². The Morgan fingerprint density at radius 3 is 2.56 bits per heavy atom. The molecule has 0 atom stereocenters. The summed E-state index contributed by atoms with van der Waals surface area (Å²) in [6.45, 7) is 1.93. The van der Waals surface area contributed by atoms with E-state index in [1.165, 1.54) is 18.3 Å². The lowest BCUT2D eigenvalue weighted by atomic mass is 9.99. The maximum atomic E-state index is 13.2. The molecule has 2 aromatic carbocycles. The Morgan fingerprint density at radius 2 is 1.84 bits per heavy atom. The highest BCUT2D eigenvalue weighted by molar-refractivity contribution is 5.95. The molecule has 0 radical (unpaired) electrons. The molecule has 0 spiro atoms. The second-order valence-electron chi connectivity index (χ2n) is 7.11. The normalized spacial score (nSPS) is 11.5. The molecule has 0 aliphatic carbocycles. The monoisotopic (exact) mass is 437 g/mol. The maximum absolute atomic E-state index is 13.2. The van der Waals surface area contributed by atoms with Crippen LogP contribution in [0.3, 0.4) is 0 Å². The smallest absolute Gasteiger partial charge is 0.418 e. The summed E-state index contributed by atoms with van der Waals surface area (Å²) in [6.07, 6.45) is -1.04. The van der Waals surface area contributed by atoms with E-state index in [9.17, 15) is 18.0 Å². The third-order valence-electron chi connectivity index (χ3n) is 5.01. The molecule has 4 rings (SSSR count). The zero-order valence-corrected chi connectivity index (χ0v) is 17.0. The number of amides is 1. The van der Waals surface area contributed by atoms with E-state index in [1.807, 2.05) is 13.0 Å². The van der Waals surface area contributed by atoms with Crippen molar-refractivity contribution in [2.75, 3.05) is 0 Å². The number of halogens is 3. The number of para-hydroxylation sites is 1. The average Bonchev–Trinajstić information content (AvgIpc) is 2.77. The molecule has 8 heteroatoms. The van der Waals surface area contributed by atoms with Crippen molar-refractivity contribution in [1.82, 2.24) is 9.97 Å². The lowest BCUT2D eigenvalue weighted by Crippen LogP contribution is -2.13. The number of nitrogens with zero attached hydrogens (tertiary/aromatic N) is 2. The zero-order valence-electron chi connectivity index (χ0n) is 17.0. The SMILES string of the molecule is CCc1cc(-c2cc(Oc3cnc4c(C(F)(F)F)cccc4c3)ccn2)ccc1C(N)=O. The molecule has 32 heavy (non-hydrogen) atoms. The third kappa shape index (κ3) is 4.25. The number of alkyl halides is 3. The standard InChI is InChI=1S/C24H18F3N3O2/c1-2-14-10-15(6-7-19(14)23(28)31)21-12-17(8-9-29-21)32-18-11-16-4-3-5-20(24(25,26)27)22(16)30-13-18/h3-13H,2H2,1H3,(H2,28,31). The van der Waals surface area contributed by atoms with Gasteiger partial charge in [-0.15, -0.1) is 0 Å². The summed E-state index contributed by atoms with van der Waals surface area (Å²) < 4.78 is 45.4. The number of aryl methyl sites for hydroxylation is 1. The summed E-state index contributed by atoms with van der Waals surface area (Å²) in [4.78, 5) is 19.9. The Bertz CT molecular complexity index is 1320. The molecule has 0 saturated heterocycles. The molecule has 5 nitrogen and oxygen atoms in total. The summed E-state index contributed by atoms with van der Waals surface area (Å²) in [5, 5.41) is 0.321. The minimum absolute atomic E-state index is 0.135. The van der Waals surface area contributed by atoms with Gasteiger partial charge in [0, 0.05) is 28.8 Å². The lowest BCUT2D eigenvalue weighted by molar-refractivity contribution is -0.136. The summed E-state index contributed by atoms with van der Waals surface area (Å²) in [7, 11) is 0. The van der Waals surface area contributed by atoms with Crippen LogP contribution in [-0.4, -0.2) is 15.9 Å². The van der Waals surface area contributed by atoms with Crippen molar-refractivity contribution >= 4 is 16.8 Å². The molecule has 162 valence electrons. The lowest BCUT2D eigenvalue weighted by Gasteiger charge is -2.12. The zero-order chi connectivity index (χ0) is 22.9. The number of aromatic nitrogens is 2. The van der Waals surface area contributed by atoms with E-state index >= 15 is 0 Å². The highest BCUT2D eigenvalue weighted by Crippen LogP contribution is 2.35. The van der Waals surface area contributed by atoms with Crippen LogP contribution in [0.4, 0.5) is 13.2 Å². The van der Waals surface area contributed by atoms with Crippen LogP contribution in [-0.2, 0) is 12.6 Å². The van der Waals surface area contributed by atoms with Crippen LogP contribution in [0.1, 0.15) is 28.4 Å². The Morgan fingerprint density at radius 1 is 1.03 bits per heavy atom. The number of benzene rings is 2. The molecule has 2 aromatic heterocycles. The first-order valence-corrected chi connectivity index (χ1v) is 9.79. The molecule has 1 amide bonds. The molecule has 0 unspecified atom stereocenters. The van der Waals surface area contributed by atoms with E-state index in [0.717, 1.165) is 17.2 Å². The van der Waals surface area contributed by atoms with E-state index in [-0.39, 0.29) is 5.52 Å². The van der Waals surface area contributed by atoms with Gasteiger partial charge in [0.2, 0.25) is 5.91 Å². The van der Waals surface area contributed by atoms with Crippen LogP contribution in [0.15, 0.2) is 67.0 Å². The van der Waals surface area contributed by atoms with E-state index in [1.54, 1.807) is 36.5 Å². The quantitative estimate of drug-likeness (QED) is 0.430. The number of hydrogen-bond acceptors (Lipinski definition) is 4. The molecule has 0 bridgehead atoms. The van der Waals surface area contributed by atoms with Gasteiger partial charge in [-0.1, -0.05) is 25.1 Å². The largest absolute Gasteiger partial charge is 0.456 e. The van der Waals surface area contributed by atoms with Crippen molar-refractivity contribution in [2.24, 2.45) is 5.73 Å². The van der Waals surface area contributed by atoms with Gasteiger partial charge < -0.3 is 10.5 Å². The van der Waals surface area contributed by atoms with Crippen LogP contribution in [0.5, 0.6) is 11.5 Å². The first kappa shape index (κ1) is 21.3. The number of pyridine rings is 2. The predicted molar refractivity (Wildman–Crippen MR) is 114 cm³/mol. The summed E-state index contributed by atoms with van der Waals surface area (Å²) >= 11 is 0. The van der Waals surface area contributed by atoms with Crippen LogP contribution < -0.4 is 10.5 Å².